The minimum Gasteiger partial charge on any atom is -0.343 e. The summed E-state index contributed by atoms with van der Waals surface area (Å²) in [5.74, 6) is 1.50. The number of fused-ring (bicyclic) bond motifs is 1. The molecule has 0 spiro atoms. The van der Waals surface area contributed by atoms with Gasteiger partial charge in [0.05, 0.1) is 32.0 Å². The first-order valence-electron chi connectivity index (χ1n) is 14.2. The number of hydrogen-bond acceptors (Lipinski definition) is 5. The van der Waals surface area contributed by atoms with Crippen molar-refractivity contribution in [1.29, 1.82) is 0 Å². The van der Waals surface area contributed by atoms with E-state index in [2.05, 4.69) is 31.9 Å². The van der Waals surface area contributed by atoms with E-state index in [-0.39, 0.29) is 11.7 Å². The maximum absolute atomic E-state index is 14.4. The van der Waals surface area contributed by atoms with Gasteiger partial charge in [0.1, 0.15) is 5.82 Å². The smallest absolute Gasteiger partial charge is 0.219 e. The first kappa shape index (κ1) is 26.4. The molecule has 208 valence electrons. The standard InChI is InChI=1S/C30H38FN5O2S/c1-21-16-32-17-28-30(21)25(14-24-6-10-34(19-24)18-23-7-11-35(12-8-23)22(2)37)20-36(28)27-5-4-26(31)15-29(27)39(38)13-3-9-33-39/h4-5,15-17,20,23-24H,3,6-14,18-19H2,1-2H3/t24-,39+/m1/s1. The van der Waals surface area contributed by atoms with Crippen LogP contribution in [0.1, 0.15) is 43.7 Å². The summed E-state index contributed by atoms with van der Waals surface area (Å²) >= 11 is 0. The van der Waals surface area contributed by atoms with Gasteiger partial charge in [0, 0.05) is 63.2 Å². The summed E-state index contributed by atoms with van der Waals surface area (Å²) in [6.45, 7) is 9.40. The minimum absolute atomic E-state index is 0.191. The lowest BCUT2D eigenvalue weighted by atomic mass is 9.96. The van der Waals surface area contributed by atoms with Gasteiger partial charge in [0.2, 0.25) is 5.91 Å². The first-order chi connectivity index (χ1) is 18.8. The predicted molar refractivity (Wildman–Crippen MR) is 152 cm³/mol. The summed E-state index contributed by atoms with van der Waals surface area (Å²) < 4.78 is 34.6. The Bertz CT molecular complexity index is 1520. The summed E-state index contributed by atoms with van der Waals surface area (Å²) in [5, 5.41) is 1.19. The fourth-order valence-electron chi connectivity index (χ4n) is 6.81. The topological polar surface area (TPSA) is 70.8 Å². The van der Waals surface area contributed by atoms with Gasteiger partial charge in [-0.1, -0.05) is 0 Å². The van der Waals surface area contributed by atoms with Crippen molar-refractivity contribution < 1.29 is 13.4 Å². The van der Waals surface area contributed by atoms with Crippen molar-refractivity contribution in [1.82, 2.24) is 19.4 Å². The van der Waals surface area contributed by atoms with Gasteiger partial charge in [-0.3, -0.25) is 9.78 Å². The zero-order valence-corrected chi connectivity index (χ0v) is 23.8. The van der Waals surface area contributed by atoms with Crippen molar-refractivity contribution in [2.24, 2.45) is 16.2 Å². The van der Waals surface area contributed by atoms with Crippen molar-refractivity contribution >= 4 is 26.5 Å². The molecule has 2 saturated heterocycles. The molecular weight excluding hydrogens is 513 g/mol. The number of amides is 1. The van der Waals surface area contributed by atoms with Crippen LogP contribution < -0.4 is 0 Å². The van der Waals surface area contributed by atoms with Crippen LogP contribution in [-0.2, 0) is 20.9 Å². The van der Waals surface area contributed by atoms with Crippen molar-refractivity contribution in [2.75, 3.05) is 45.0 Å². The molecule has 0 radical (unpaired) electrons. The highest BCUT2D eigenvalue weighted by Crippen LogP contribution is 2.35. The number of nitrogens with zero attached hydrogens (tertiary/aromatic N) is 5. The van der Waals surface area contributed by atoms with E-state index in [1.807, 2.05) is 17.3 Å². The van der Waals surface area contributed by atoms with E-state index in [0.29, 0.717) is 29.0 Å². The monoisotopic (exact) mass is 551 g/mol. The third kappa shape index (κ3) is 5.23. The fraction of sp³-hybridized carbons (Fsp3) is 0.533. The van der Waals surface area contributed by atoms with Gasteiger partial charge in [-0.15, -0.1) is 0 Å². The average Bonchev–Trinajstić information content (AvgIpc) is 3.65. The number of benzene rings is 1. The summed E-state index contributed by atoms with van der Waals surface area (Å²) in [7, 11) is -2.64. The van der Waals surface area contributed by atoms with E-state index >= 15 is 0 Å². The Morgan fingerprint density at radius 1 is 1.13 bits per heavy atom. The van der Waals surface area contributed by atoms with Crippen LogP contribution in [0.25, 0.3) is 16.6 Å². The van der Waals surface area contributed by atoms with Crippen LogP contribution in [0.2, 0.25) is 0 Å². The van der Waals surface area contributed by atoms with E-state index in [4.69, 9.17) is 0 Å². The van der Waals surface area contributed by atoms with Gasteiger partial charge in [0.15, 0.2) is 0 Å². The first-order valence-corrected chi connectivity index (χ1v) is 15.9. The van der Waals surface area contributed by atoms with Gasteiger partial charge >= 0.3 is 0 Å². The van der Waals surface area contributed by atoms with E-state index in [9.17, 15) is 13.4 Å². The van der Waals surface area contributed by atoms with Crippen LogP contribution in [0.15, 0.2) is 46.0 Å². The second kappa shape index (κ2) is 10.7. The van der Waals surface area contributed by atoms with E-state index in [1.165, 1.54) is 23.1 Å². The highest BCUT2D eigenvalue weighted by atomic mass is 32.2. The van der Waals surface area contributed by atoms with Gasteiger partial charge in [-0.05, 0) is 86.7 Å². The number of likely N-dealkylation sites (tertiary alicyclic amines) is 2. The molecule has 1 aromatic carbocycles. The maximum atomic E-state index is 14.4. The average molecular weight is 552 g/mol. The molecule has 3 aliphatic rings. The van der Waals surface area contributed by atoms with Crippen LogP contribution in [-0.4, -0.2) is 74.5 Å². The van der Waals surface area contributed by atoms with Gasteiger partial charge in [-0.25, -0.2) is 13.0 Å². The molecule has 1 amide bonds. The number of carbonyl (C=O) groups is 1. The molecule has 0 N–H and O–H groups in total. The Morgan fingerprint density at radius 3 is 2.67 bits per heavy atom. The molecule has 0 saturated carbocycles. The normalized spacial score (nSPS) is 24.5. The van der Waals surface area contributed by atoms with Crippen LogP contribution in [0.4, 0.5) is 4.39 Å². The number of aromatic nitrogens is 2. The van der Waals surface area contributed by atoms with Gasteiger partial charge in [0.25, 0.3) is 0 Å². The molecule has 0 bridgehead atoms. The molecule has 2 aromatic heterocycles. The van der Waals surface area contributed by atoms with Crippen molar-refractivity contribution in [3.8, 4) is 5.69 Å². The molecule has 0 unspecified atom stereocenters. The summed E-state index contributed by atoms with van der Waals surface area (Å²) in [5.41, 5.74) is 4.08. The van der Waals surface area contributed by atoms with Crippen LogP contribution in [0.5, 0.6) is 0 Å². The highest BCUT2D eigenvalue weighted by molar-refractivity contribution is 7.94. The second-order valence-corrected chi connectivity index (χ2v) is 14.0. The van der Waals surface area contributed by atoms with Crippen molar-refractivity contribution in [3.05, 3.63) is 53.7 Å². The number of piperidine rings is 1. The number of carbonyl (C=O) groups excluding carboxylic acids is 1. The molecule has 5 heterocycles. The quantitative estimate of drug-likeness (QED) is 0.440. The molecule has 2 fully saturated rings. The zero-order valence-electron chi connectivity index (χ0n) is 22.9. The van der Waals surface area contributed by atoms with E-state index in [0.717, 1.165) is 81.6 Å². The largest absolute Gasteiger partial charge is 0.343 e. The number of hydrogen-bond donors (Lipinski definition) is 0. The molecule has 39 heavy (non-hydrogen) atoms. The molecule has 6 rings (SSSR count). The molecule has 3 aromatic rings. The third-order valence-electron chi connectivity index (χ3n) is 8.84. The molecule has 3 aliphatic heterocycles. The summed E-state index contributed by atoms with van der Waals surface area (Å²) in [6, 6.07) is 4.60. The Morgan fingerprint density at radius 2 is 1.92 bits per heavy atom. The van der Waals surface area contributed by atoms with Crippen LogP contribution in [0, 0.1) is 24.6 Å². The lowest BCUT2D eigenvalue weighted by molar-refractivity contribution is -0.130. The fourth-order valence-corrected chi connectivity index (χ4v) is 9.03. The van der Waals surface area contributed by atoms with E-state index < -0.39 is 9.73 Å². The number of rotatable bonds is 6. The highest BCUT2D eigenvalue weighted by Gasteiger charge is 2.29. The molecule has 0 aliphatic carbocycles. The number of aryl methyl sites for hydroxylation is 1. The van der Waals surface area contributed by atoms with Gasteiger partial charge in [-0.2, -0.15) is 0 Å². The lowest BCUT2D eigenvalue weighted by Crippen LogP contribution is -2.40. The molecular formula is C30H38FN5O2S. The van der Waals surface area contributed by atoms with Crippen LogP contribution >= 0.6 is 0 Å². The SMILES string of the molecule is CC(=O)N1CCC(CN2CC[C@H](Cc3cn(-c4ccc(F)cc4[S@]4(=O)=NCCC4)c4cncc(C)c34)C2)CC1. The van der Waals surface area contributed by atoms with Gasteiger partial charge < -0.3 is 14.4 Å². The van der Waals surface area contributed by atoms with Crippen molar-refractivity contribution in [2.45, 2.75) is 50.8 Å². The Hall–Kier alpha value is -2.78. The number of pyridine rings is 1. The minimum atomic E-state index is -2.64. The molecule has 9 heteroatoms. The Labute approximate surface area is 230 Å². The zero-order chi connectivity index (χ0) is 27.1. The van der Waals surface area contributed by atoms with Crippen molar-refractivity contribution in [3.63, 3.8) is 0 Å². The predicted octanol–water partition coefficient (Wildman–Crippen LogP) is 4.83. The Kier molecular flexibility index (Phi) is 7.22. The third-order valence-corrected chi connectivity index (χ3v) is 11.3. The second-order valence-electron chi connectivity index (χ2n) is 11.6. The molecule has 7 nitrogen and oxygen atoms in total. The summed E-state index contributed by atoms with van der Waals surface area (Å²) in [6.07, 6.45) is 11.0. The van der Waals surface area contributed by atoms with Crippen LogP contribution in [0.3, 0.4) is 0 Å². The summed E-state index contributed by atoms with van der Waals surface area (Å²) in [4.78, 5) is 21.2. The maximum Gasteiger partial charge on any atom is 0.219 e. The molecule has 2 atom stereocenters. The number of halogens is 1. The lowest BCUT2D eigenvalue weighted by Gasteiger charge is -2.33. The Balaban J connectivity index is 1.25. The van der Waals surface area contributed by atoms with E-state index in [1.54, 1.807) is 13.0 Å².